The summed E-state index contributed by atoms with van der Waals surface area (Å²) in [6.07, 6.45) is 3.80. The fourth-order valence-electron chi connectivity index (χ4n) is 3.78. The highest BCUT2D eigenvalue weighted by atomic mass is 35.5. The molecule has 7 nitrogen and oxygen atoms in total. The van der Waals surface area contributed by atoms with Crippen molar-refractivity contribution >= 4 is 46.3 Å². The number of hydrogen-bond donors (Lipinski definition) is 1. The van der Waals surface area contributed by atoms with E-state index in [1.54, 1.807) is 49.6 Å². The van der Waals surface area contributed by atoms with E-state index in [0.717, 1.165) is 16.5 Å². The minimum Gasteiger partial charge on any atom is -0.494 e. The van der Waals surface area contributed by atoms with Crippen molar-refractivity contribution < 1.29 is 23.4 Å². The molecule has 3 aromatic carbocycles. The van der Waals surface area contributed by atoms with Gasteiger partial charge in [0, 0.05) is 26.6 Å². The molecular formula is C29H26Cl2N2O5. The van der Waals surface area contributed by atoms with Gasteiger partial charge in [-0.25, -0.2) is 5.43 Å². The van der Waals surface area contributed by atoms with Crippen LogP contribution < -0.4 is 19.6 Å². The van der Waals surface area contributed by atoms with Gasteiger partial charge in [-0.3, -0.25) is 4.79 Å². The first-order chi connectivity index (χ1) is 18.4. The average molecular weight is 553 g/mol. The Morgan fingerprint density at radius 1 is 1.08 bits per heavy atom. The number of hydrogen-bond acceptors (Lipinski definition) is 6. The molecule has 1 N–H and O–H groups in total. The quantitative estimate of drug-likeness (QED) is 0.121. The summed E-state index contributed by atoms with van der Waals surface area (Å²) in [6, 6.07) is 15.9. The molecule has 1 amide bonds. The van der Waals surface area contributed by atoms with Crippen LogP contribution in [-0.2, 0) is 13.0 Å². The number of benzene rings is 3. The van der Waals surface area contributed by atoms with Gasteiger partial charge in [0.1, 0.15) is 17.9 Å². The number of amides is 1. The summed E-state index contributed by atoms with van der Waals surface area (Å²) in [6.45, 7) is 6.52. The molecule has 38 heavy (non-hydrogen) atoms. The highest BCUT2D eigenvalue weighted by Gasteiger charge is 2.15. The molecule has 0 aliphatic rings. The number of nitrogens with one attached hydrogen (secondary N) is 1. The van der Waals surface area contributed by atoms with Crippen molar-refractivity contribution in [2.45, 2.75) is 20.0 Å². The summed E-state index contributed by atoms with van der Waals surface area (Å²) >= 11 is 12.3. The van der Waals surface area contributed by atoms with Gasteiger partial charge in [0.25, 0.3) is 0 Å². The van der Waals surface area contributed by atoms with Gasteiger partial charge in [0.05, 0.1) is 19.9 Å². The lowest BCUT2D eigenvalue weighted by Crippen LogP contribution is -2.16. The Hall–Kier alpha value is -3.94. The molecule has 0 radical (unpaired) electrons. The number of methoxy groups -OCH3 is 1. The van der Waals surface area contributed by atoms with Crippen LogP contribution in [0.15, 0.2) is 76.8 Å². The molecule has 0 unspecified atom stereocenters. The summed E-state index contributed by atoms with van der Waals surface area (Å²) in [4.78, 5) is 12.6. The minimum atomic E-state index is -0.478. The van der Waals surface area contributed by atoms with E-state index in [0.29, 0.717) is 51.5 Å². The summed E-state index contributed by atoms with van der Waals surface area (Å²) < 4.78 is 22.8. The van der Waals surface area contributed by atoms with Crippen LogP contribution in [0.25, 0.3) is 11.0 Å². The number of rotatable bonds is 11. The molecule has 0 saturated carbocycles. The van der Waals surface area contributed by atoms with E-state index in [9.17, 15) is 4.79 Å². The molecule has 9 heteroatoms. The van der Waals surface area contributed by atoms with Crippen LogP contribution in [0.5, 0.6) is 17.2 Å². The molecule has 1 heterocycles. The molecule has 4 aromatic rings. The van der Waals surface area contributed by atoms with E-state index in [4.69, 9.17) is 41.8 Å². The normalized spacial score (nSPS) is 11.1. The molecule has 0 saturated heterocycles. The van der Waals surface area contributed by atoms with Gasteiger partial charge in [-0.1, -0.05) is 35.3 Å². The summed E-state index contributed by atoms with van der Waals surface area (Å²) in [5, 5.41) is 5.92. The van der Waals surface area contributed by atoms with E-state index in [-0.39, 0.29) is 12.4 Å². The second-order valence-electron chi connectivity index (χ2n) is 8.17. The molecule has 0 bridgehead atoms. The number of carbonyl (C=O) groups is 1. The number of ether oxygens (including phenoxy) is 3. The SMILES string of the molecule is C=CCc1cc(/C=N/NC(=O)c2cc3cc(OCC)ccc3o2)cc(OC)c1OCc1ccc(Cl)cc1Cl. The highest BCUT2D eigenvalue weighted by molar-refractivity contribution is 6.35. The van der Waals surface area contributed by atoms with Gasteiger partial charge < -0.3 is 18.6 Å². The lowest BCUT2D eigenvalue weighted by atomic mass is 10.1. The summed E-state index contributed by atoms with van der Waals surface area (Å²) in [5.74, 6) is 1.44. The Morgan fingerprint density at radius 3 is 2.66 bits per heavy atom. The van der Waals surface area contributed by atoms with Crippen molar-refractivity contribution in [3.8, 4) is 17.2 Å². The smallest absolute Gasteiger partial charge is 0.307 e. The van der Waals surface area contributed by atoms with Gasteiger partial charge in [-0.15, -0.1) is 6.58 Å². The second kappa shape index (κ2) is 12.5. The maximum absolute atomic E-state index is 12.6. The van der Waals surface area contributed by atoms with E-state index < -0.39 is 5.91 Å². The largest absolute Gasteiger partial charge is 0.494 e. The Morgan fingerprint density at radius 2 is 1.92 bits per heavy atom. The molecule has 0 aliphatic carbocycles. The predicted octanol–water partition coefficient (Wildman–Crippen LogP) is 7.22. The Kier molecular flexibility index (Phi) is 8.94. The molecule has 1 aromatic heterocycles. The van der Waals surface area contributed by atoms with Crippen LogP contribution in [0.3, 0.4) is 0 Å². The van der Waals surface area contributed by atoms with E-state index >= 15 is 0 Å². The fraction of sp³-hybridized carbons (Fsp3) is 0.172. The zero-order chi connectivity index (χ0) is 27.1. The van der Waals surface area contributed by atoms with Gasteiger partial charge in [0.2, 0.25) is 0 Å². The molecule has 0 aliphatic heterocycles. The first-order valence-corrected chi connectivity index (χ1v) is 12.6. The lowest BCUT2D eigenvalue weighted by molar-refractivity contribution is 0.0929. The van der Waals surface area contributed by atoms with Crippen molar-refractivity contribution in [1.82, 2.24) is 5.43 Å². The van der Waals surface area contributed by atoms with Crippen molar-refractivity contribution in [3.63, 3.8) is 0 Å². The van der Waals surface area contributed by atoms with E-state index in [1.807, 2.05) is 25.1 Å². The topological polar surface area (TPSA) is 82.3 Å². The van der Waals surface area contributed by atoms with Crippen LogP contribution >= 0.6 is 23.2 Å². The van der Waals surface area contributed by atoms with Crippen molar-refractivity contribution in [2.24, 2.45) is 5.10 Å². The number of nitrogens with zero attached hydrogens (tertiary/aromatic N) is 1. The monoisotopic (exact) mass is 552 g/mol. The third-order valence-corrected chi connectivity index (χ3v) is 6.11. The number of furan rings is 1. The second-order valence-corrected chi connectivity index (χ2v) is 9.01. The number of halogens is 2. The third kappa shape index (κ3) is 6.49. The highest BCUT2D eigenvalue weighted by Crippen LogP contribution is 2.34. The van der Waals surface area contributed by atoms with Gasteiger partial charge in [-0.05, 0) is 67.4 Å². The molecule has 0 atom stereocenters. The maximum Gasteiger partial charge on any atom is 0.307 e. The molecule has 0 spiro atoms. The van der Waals surface area contributed by atoms with Gasteiger partial charge >= 0.3 is 5.91 Å². The summed E-state index contributed by atoms with van der Waals surface area (Å²) in [5.41, 5.74) is 5.39. The zero-order valence-corrected chi connectivity index (χ0v) is 22.4. The van der Waals surface area contributed by atoms with Crippen LogP contribution in [0.2, 0.25) is 10.0 Å². The van der Waals surface area contributed by atoms with Crippen LogP contribution in [0.4, 0.5) is 0 Å². The Bertz CT molecular complexity index is 1500. The number of allylic oxidation sites excluding steroid dienone is 1. The summed E-state index contributed by atoms with van der Waals surface area (Å²) in [7, 11) is 1.55. The average Bonchev–Trinajstić information content (AvgIpc) is 3.33. The van der Waals surface area contributed by atoms with Crippen molar-refractivity contribution in [3.05, 3.63) is 99.7 Å². The lowest BCUT2D eigenvalue weighted by Gasteiger charge is -2.16. The van der Waals surface area contributed by atoms with Crippen LogP contribution in [0, 0.1) is 0 Å². The Balaban J connectivity index is 1.49. The first kappa shape index (κ1) is 27.1. The van der Waals surface area contributed by atoms with Crippen LogP contribution in [0.1, 0.15) is 34.2 Å². The number of fused-ring (bicyclic) bond motifs is 1. The molecule has 0 fully saturated rings. The van der Waals surface area contributed by atoms with E-state index in [1.165, 1.54) is 6.21 Å². The van der Waals surface area contributed by atoms with Crippen molar-refractivity contribution in [1.29, 1.82) is 0 Å². The standard InChI is InChI=1S/C29H26Cl2N2O5/c1-4-6-19-11-18(12-26(35-3)28(19)37-17-20-7-8-22(30)15-24(20)31)16-32-33-29(34)27-14-21-13-23(36-5-2)9-10-25(21)38-27/h4,7-16H,1,5-6,17H2,2-3H3,(H,33,34)/b32-16+. The number of hydrazone groups is 1. The third-order valence-electron chi connectivity index (χ3n) is 5.53. The van der Waals surface area contributed by atoms with E-state index in [2.05, 4.69) is 17.1 Å². The zero-order valence-electron chi connectivity index (χ0n) is 20.9. The molecule has 196 valence electrons. The number of carbonyl (C=O) groups excluding carboxylic acids is 1. The first-order valence-electron chi connectivity index (χ1n) is 11.8. The van der Waals surface area contributed by atoms with Gasteiger partial charge in [-0.2, -0.15) is 5.10 Å². The fourth-order valence-corrected chi connectivity index (χ4v) is 4.24. The Labute approximate surface area is 230 Å². The van der Waals surface area contributed by atoms with Crippen LogP contribution in [-0.4, -0.2) is 25.8 Å². The molecular weight excluding hydrogens is 527 g/mol. The predicted molar refractivity (Wildman–Crippen MR) is 150 cm³/mol. The van der Waals surface area contributed by atoms with Gasteiger partial charge in [0.15, 0.2) is 17.3 Å². The minimum absolute atomic E-state index is 0.139. The molecule has 4 rings (SSSR count). The maximum atomic E-state index is 12.6. The van der Waals surface area contributed by atoms with Crippen molar-refractivity contribution in [2.75, 3.05) is 13.7 Å².